The molecule has 0 bridgehead atoms. The second kappa shape index (κ2) is 5.91. The van der Waals surface area contributed by atoms with Crippen molar-refractivity contribution >= 4 is 11.6 Å². The minimum absolute atomic E-state index is 0.109. The first-order chi connectivity index (χ1) is 9.06. The molecule has 1 aromatic rings. The first-order valence-electron chi connectivity index (χ1n) is 6.62. The van der Waals surface area contributed by atoms with Gasteiger partial charge in [0.1, 0.15) is 11.5 Å². The lowest BCUT2D eigenvalue weighted by Gasteiger charge is -2.09. The number of rotatable bonds is 5. The Balaban J connectivity index is 1.71. The van der Waals surface area contributed by atoms with Crippen molar-refractivity contribution < 1.29 is 14.0 Å². The second-order valence-electron chi connectivity index (χ2n) is 5.09. The summed E-state index contributed by atoms with van der Waals surface area (Å²) in [6.07, 6.45) is 0.795. The molecule has 1 aromatic heterocycles. The van der Waals surface area contributed by atoms with Crippen LogP contribution in [-0.2, 0) is 16.1 Å². The van der Waals surface area contributed by atoms with E-state index in [1.54, 1.807) is 0 Å². The number of furan rings is 1. The van der Waals surface area contributed by atoms with E-state index in [0.29, 0.717) is 25.3 Å². The second-order valence-corrected chi connectivity index (χ2v) is 5.09. The first kappa shape index (κ1) is 13.6. The van der Waals surface area contributed by atoms with Crippen LogP contribution in [0.25, 0.3) is 0 Å². The molecule has 0 aliphatic carbocycles. The monoisotopic (exact) mass is 264 g/mol. The maximum absolute atomic E-state index is 11.9. The van der Waals surface area contributed by atoms with Crippen LogP contribution >= 0.6 is 0 Å². The summed E-state index contributed by atoms with van der Waals surface area (Å²) in [5.74, 6) is 1.98. The van der Waals surface area contributed by atoms with Gasteiger partial charge < -0.3 is 14.6 Å². The Morgan fingerprint density at radius 3 is 2.89 bits per heavy atom. The molecule has 1 aliphatic heterocycles. The summed E-state index contributed by atoms with van der Waals surface area (Å²) in [6.45, 7) is 6.53. The number of carbonyl (C=O) groups is 1. The molecule has 19 heavy (non-hydrogen) atoms. The lowest BCUT2D eigenvalue weighted by molar-refractivity contribution is -0.131. The molecular weight excluding hydrogens is 244 g/mol. The van der Waals surface area contributed by atoms with E-state index in [2.05, 4.69) is 10.5 Å². The highest BCUT2D eigenvalue weighted by molar-refractivity contribution is 5.93. The van der Waals surface area contributed by atoms with E-state index in [9.17, 15) is 4.79 Å². The van der Waals surface area contributed by atoms with Gasteiger partial charge in [0.05, 0.1) is 5.71 Å². The summed E-state index contributed by atoms with van der Waals surface area (Å²) in [6, 6.07) is 3.84. The van der Waals surface area contributed by atoms with Crippen molar-refractivity contribution in [3.8, 4) is 0 Å². The fourth-order valence-corrected chi connectivity index (χ4v) is 1.92. The van der Waals surface area contributed by atoms with Crippen molar-refractivity contribution in [2.45, 2.75) is 39.7 Å². The molecule has 0 spiro atoms. The number of amides is 1. The van der Waals surface area contributed by atoms with E-state index >= 15 is 0 Å². The molecule has 0 fully saturated rings. The minimum Gasteiger partial charge on any atom is -0.466 e. The molecule has 2 heterocycles. The molecule has 1 unspecified atom stereocenters. The summed E-state index contributed by atoms with van der Waals surface area (Å²) in [5.41, 5.74) is 0.946. The fraction of sp³-hybridized carbons (Fsp3) is 0.571. The first-order valence-corrected chi connectivity index (χ1v) is 6.62. The van der Waals surface area contributed by atoms with Crippen LogP contribution < -0.4 is 5.32 Å². The van der Waals surface area contributed by atoms with E-state index in [1.807, 2.05) is 32.9 Å². The van der Waals surface area contributed by atoms with Crippen molar-refractivity contribution in [2.24, 2.45) is 11.1 Å². The van der Waals surface area contributed by atoms with Gasteiger partial charge in [-0.25, -0.2) is 0 Å². The van der Waals surface area contributed by atoms with Gasteiger partial charge in [-0.15, -0.1) is 0 Å². The maximum atomic E-state index is 11.9. The summed E-state index contributed by atoms with van der Waals surface area (Å²) in [5, 5.41) is 6.79. The Hall–Kier alpha value is -1.78. The van der Waals surface area contributed by atoms with Gasteiger partial charge in [-0.1, -0.05) is 19.0 Å². The summed E-state index contributed by atoms with van der Waals surface area (Å²) in [4.78, 5) is 17.0. The number of nitrogens with zero attached hydrogens (tertiary/aromatic N) is 1. The van der Waals surface area contributed by atoms with Crippen molar-refractivity contribution in [2.75, 3.05) is 6.54 Å². The van der Waals surface area contributed by atoms with Crippen LogP contribution in [0.3, 0.4) is 0 Å². The van der Waals surface area contributed by atoms with Gasteiger partial charge >= 0.3 is 0 Å². The van der Waals surface area contributed by atoms with Crippen molar-refractivity contribution in [1.82, 2.24) is 5.32 Å². The minimum atomic E-state index is -0.476. The van der Waals surface area contributed by atoms with Crippen molar-refractivity contribution in [3.63, 3.8) is 0 Å². The number of carbonyl (C=O) groups excluding carboxylic acids is 1. The van der Waals surface area contributed by atoms with Crippen LogP contribution in [-0.4, -0.2) is 24.3 Å². The topological polar surface area (TPSA) is 63.8 Å². The zero-order valence-electron chi connectivity index (χ0n) is 11.6. The van der Waals surface area contributed by atoms with E-state index < -0.39 is 6.10 Å². The smallest absolute Gasteiger partial charge is 0.264 e. The standard InChI is InChI=1S/C14H20N2O3/c1-9(2)12-8-13(19-16-12)14(17)15-7-6-11-5-4-10(3)18-11/h4-5,9,13H,6-8H2,1-3H3,(H,15,17). The molecule has 5 nitrogen and oxygen atoms in total. The third kappa shape index (κ3) is 3.59. The molecule has 1 aliphatic rings. The van der Waals surface area contributed by atoms with Gasteiger partial charge in [0.25, 0.3) is 5.91 Å². The quantitative estimate of drug-likeness (QED) is 0.885. The number of nitrogens with one attached hydrogen (secondary N) is 1. The van der Waals surface area contributed by atoms with Gasteiger partial charge in [0.15, 0.2) is 0 Å². The SMILES string of the molecule is Cc1ccc(CCNC(=O)C2CC(C(C)C)=NO2)o1. The van der Waals surface area contributed by atoms with Gasteiger partial charge in [0.2, 0.25) is 6.10 Å². The van der Waals surface area contributed by atoms with E-state index in [-0.39, 0.29) is 5.91 Å². The average Bonchev–Trinajstić information content (AvgIpc) is 2.98. The lowest BCUT2D eigenvalue weighted by atomic mass is 10.0. The van der Waals surface area contributed by atoms with Crippen LogP contribution in [0.5, 0.6) is 0 Å². The zero-order chi connectivity index (χ0) is 13.8. The maximum Gasteiger partial charge on any atom is 0.264 e. The molecule has 0 saturated carbocycles. The van der Waals surface area contributed by atoms with Gasteiger partial charge in [-0.3, -0.25) is 4.79 Å². The highest BCUT2D eigenvalue weighted by atomic mass is 16.6. The average molecular weight is 264 g/mol. The highest BCUT2D eigenvalue weighted by Gasteiger charge is 2.28. The van der Waals surface area contributed by atoms with Gasteiger partial charge in [-0.2, -0.15) is 0 Å². The molecule has 0 saturated heterocycles. The Labute approximate surface area is 113 Å². The van der Waals surface area contributed by atoms with Crippen LogP contribution in [0.4, 0.5) is 0 Å². The molecule has 1 atom stereocenters. The Morgan fingerprint density at radius 1 is 1.53 bits per heavy atom. The Bertz CT molecular complexity index is 477. The van der Waals surface area contributed by atoms with Gasteiger partial charge in [0, 0.05) is 19.4 Å². The molecular formula is C14H20N2O3. The fourth-order valence-electron chi connectivity index (χ4n) is 1.92. The largest absolute Gasteiger partial charge is 0.466 e. The van der Waals surface area contributed by atoms with Gasteiger partial charge in [-0.05, 0) is 25.0 Å². The molecule has 0 aromatic carbocycles. The Kier molecular flexibility index (Phi) is 4.24. The summed E-state index contributed by atoms with van der Waals surface area (Å²) >= 11 is 0. The lowest BCUT2D eigenvalue weighted by Crippen LogP contribution is -2.36. The van der Waals surface area contributed by atoms with Crippen molar-refractivity contribution in [1.29, 1.82) is 0 Å². The van der Waals surface area contributed by atoms with Crippen molar-refractivity contribution in [3.05, 3.63) is 23.7 Å². The summed E-state index contributed by atoms with van der Waals surface area (Å²) in [7, 11) is 0. The van der Waals surface area contributed by atoms with Crippen LogP contribution in [0.15, 0.2) is 21.7 Å². The summed E-state index contributed by atoms with van der Waals surface area (Å²) < 4.78 is 5.43. The normalized spacial score (nSPS) is 18.3. The number of hydrogen-bond donors (Lipinski definition) is 1. The van der Waals surface area contributed by atoms with E-state index in [0.717, 1.165) is 17.2 Å². The number of hydrogen-bond acceptors (Lipinski definition) is 4. The predicted octanol–water partition coefficient (Wildman–Crippen LogP) is 2.05. The number of oxime groups is 1. The molecule has 104 valence electrons. The third-order valence-corrected chi connectivity index (χ3v) is 3.12. The van der Waals surface area contributed by atoms with E-state index in [1.165, 1.54) is 0 Å². The molecule has 5 heteroatoms. The van der Waals surface area contributed by atoms with Crippen LogP contribution in [0, 0.1) is 12.8 Å². The predicted molar refractivity (Wildman–Crippen MR) is 71.9 cm³/mol. The Morgan fingerprint density at radius 2 is 2.32 bits per heavy atom. The highest BCUT2D eigenvalue weighted by Crippen LogP contribution is 2.16. The molecule has 1 N–H and O–H groups in total. The van der Waals surface area contributed by atoms with Crippen LogP contribution in [0.2, 0.25) is 0 Å². The third-order valence-electron chi connectivity index (χ3n) is 3.12. The van der Waals surface area contributed by atoms with Crippen LogP contribution in [0.1, 0.15) is 31.8 Å². The van der Waals surface area contributed by atoms with E-state index in [4.69, 9.17) is 9.25 Å². The molecule has 1 amide bonds. The molecule has 2 rings (SSSR count). The zero-order valence-corrected chi connectivity index (χ0v) is 11.6. The number of aryl methyl sites for hydroxylation is 1. The molecule has 0 radical (unpaired) electrons.